The molecule has 0 aliphatic carbocycles. The van der Waals surface area contributed by atoms with Gasteiger partial charge < -0.3 is 43.4 Å². The number of aliphatic hydroxyl groups excluding tert-OH is 1. The van der Waals surface area contributed by atoms with Crippen molar-refractivity contribution >= 4 is 36.3 Å². The maximum Gasteiger partial charge on any atom is 0.326 e. The van der Waals surface area contributed by atoms with Gasteiger partial charge in [0.05, 0.1) is 6.10 Å². The number of carboxylic acids is 1. The molecular formula is C19H38N6O6S. The van der Waals surface area contributed by atoms with Gasteiger partial charge in [0.2, 0.25) is 17.7 Å². The van der Waals surface area contributed by atoms with Gasteiger partial charge >= 0.3 is 5.97 Å². The molecule has 0 aliphatic heterocycles. The zero-order valence-corrected chi connectivity index (χ0v) is 19.4. The van der Waals surface area contributed by atoms with Crippen LogP contribution < -0.4 is 33.2 Å². The average molecular weight is 479 g/mol. The average Bonchev–Trinajstić information content (AvgIpc) is 2.74. The summed E-state index contributed by atoms with van der Waals surface area (Å²) in [5.41, 5.74) is 16.5. The van der Waals surface area contributed by atoms with E-state index in [1.165, 1.54) is 6.92 Å². The van der Waals surface area contributed by atoms with Gasteiger partial charge in [0.1, 0.15) is 24.2 Å². The molecule has 186 valence electrons. The number of nitrogens with one attached hydrogen (secondary N) is 3. The molecule has 0 spiro atoms. The Kier molecular flexibility index (Phi) is 15.7. The Morgan fingerprint density at radius 1 is 0.812 bits per heavy atom. The summed E-state index contributed by atoms with van der Waals surface area (Å²) in [6.07, 6.45) is 1.57. The number of rotatable bonds is 17. The molecule has 11 N–H and O–H groups in total. The van der Waals surface area contributed by atoms with Crippen molar-refractivity contribution in [3.05, 3.63) is 0 Å². The summed E-state index contributed by atoms with van der Waals surface area (Å²) < 4.78 is 0. The summed E-state index contributed by atoms with van der Waals surface area (Å²) in [5.74, 6) is -3.35. The molecule has 12 nitrogen and oxygen atoms in total. The first kappa shape index (κ1) is 30.1. The number of unbranched alkanes of at least 4 members (excludes halogenated alkanes) is 2. The first-order chi connectivity index (χ1) is 15.1. The standard InChI is InChI=1S/C19H38N6O6S/c1-11(26)15(22)18(29)25-14(10-32)17(28)23-12(6-2-4-8-20)16(27)24-13(19(30)31)7-3-5-9-21/h11-15,26,32H,2-10,20-22H2,1H3,(H,23,28)(H,24,27)(H,25,29)(H,30,31). The van der Waals surface area contributed by atoms with Crippen LogP contribution in [0.15, 0.2) is 0 Å². The maximum absolute atomic E-state index is 12.7. The predicted octanol–water partition coefficient (Wildman–Crippen LogP) is -2.58. The number of hydrogen-bond donors (Lipinski definition) is 9. The van der Waals surface area contributed by atoms with E-state index >= 15 is 0 Å². The van der Waals surface area contributed by atoms with Gasteiger partial charge in [-0.15, -0.1) is 0 Å². The summed E-state index contributed by atoms with van der Waals surface area (Å²) >= 11 is 4.06. The molecule has 3 amide bonds. The molecule has 13 heteroatoms. The molecule has 0 aromatic carbocycles. The third kappa shape index (κ3) is 11.6. The molecule has 0 aliphatic rings. The summed E-state index contributed by atoms with van der Waals surface area (Å²) in [6.45, 7) is 2.14. The van der Waals surface area contributed by atoms with Crippen LogP contribution in [0.5, 0.6) is 0 Å². The quantitative estimate of drug-likeness (QED) is 0.0789. The maximum atomic E-state index is 12.7. The van der Waals surface area contributed by atoms with E-state index in [0.29, 0.717) is 38.8 Å². The van der Waals surface area contributed by atoms with E-state index in [2.05, 4.69) is 28.6 Å². The number of nitrogens with two attached hydrogens (primary N) is 3. The Morgan fingerprint density at radius 2 is 1.25 bits per heavy atom. The highest BCUT2D eigenvalue weighted by molar-refractivity contribution is 7.80. The van der Waals surface area contributed by atoms with Crippen molar-refractivity contribution in [2.45, 2.75) is 75.7 Å². The van der Waals surface area contributed by atoms with Crippen molar-refractivity contribution in [2.75, 3.05) is 18.8 Å². The number of hydrogen-bond acceptors (Lipinski definition) is 9. The van der Waals surface area contributed by atoms with Crippen molar-refractivity contribution in [2.24, 2.45) is 17.2 Å². The molecular weight excluding hydrogens is 440 g/mol. The van der Waals surface area contributed by atoms with Crippen LogP contribution in [0.1, 0.15) is 45.4 Å². The van der Waals surface area contributed by atoms with Crippen LogP contribution in [0.2, 0.25) is 0 Å². The largest absolute Gasteiger partial charge is 0.480 e. The Labute approximate surface area is 193 Å². The molecule has 0 saturated heterocycles. The summed E-state index contributed by atoms with van der Waals surface area (Å²) in [6, 6.07) is -4.50. The van der Waals surface area contributed by atoms with E-state index in [-0.39, 0.29) is 18.6 Å². The van der Waals surface area contributed by atoms with Gasteiger partial charge in [-0.2, -0.15) is 12.6 Å². The normalized spacial score (nSPS) is 15.7. The molecule has 5 unspecified atom stereocenters. The minimum atomic E-state index is -1.24. The van der Waals surface area contributed by atoms with Crippen LogP contribution in [0.25, 0.3) is 0 Å². The lowest BCUT2D eigenvalue weighted by atomic mass is 10.1. The summed E-state index contributed by atoms with van der Waals surface area (Å²) in [5, 5.41) is 26.2. The number of amides is 3. The van der Waals surface area contributed by atoms with E-state index in [0.717, 1.165) is 0 Å². The number of carbonyl (C=O) groups is 4. The minimum Gasteiger partial charge on any atom is -0.480 e. The van der Waals surface area contributed by atoms with Crippen LogP contribution in [-0.4, -0.2) is 83.0 Å². The van der Waals surface area contributed by atoms with E-state index in [1.54, 1.807) is 0 Å². The van der Waals surface area contributed by atoms with Crippen LogP contribution in [0, 0.1) is 0 Å². The first-order valence-electron chi connectivity index (χ1n) is 10.7. The van der Waals surface area contributed by atoms with E-state index < -0.39 is 54.0 Å². The highest BCUT2D eigenvalue weighted by Gasteiger charge is 2.30. The third-order valence-corrected chi connectivity index (χ3v) is 5.14. The van der Waals surface area contributed by atoms with Gasteiger partial charge in [-0.25, -0.2) is 4.79 Å². The second-order valence-corrected chi connectivity index (χ2v) is 7.90. The SMILES string of the molecule is CC(O)C(N)C(=O)NC(CS)C(=O)NC(CCCCN)C(=O)NC(CCCCN)C(=O)O. The number of aliphatic hydroxyl groups is 1. The molecule has 0 saturated carbocycles. The Hall–Kier alpha value is -1.93. The smallest absolute Gasteiger partial charge is 0.326 e. The van der Waals surface area contributed by atoms with Crippen molar-refractivity contribution < 1.29 is 29.4 Å². The first-order valence-corrected chi connectivity index (χ1v) is 11.3. The molecule has 5 atom stereocenters. The van der Waals surface area contributed by atoms with E-state index in [4.69, 9.17) is 17.2 Å². The van der Waals surface area contributed by atoms with Gasteiger partial charge in [-0.3, -0.25) is 14.4 Å². The molecule has 0 fully saturated rings. The van der Waals surface area contributed by atoms with Crippen LogP contribution >= 0.6 is 12.6 Å². The number of aliphatic carboxylic acids is 1. The van der Waals surface area contributed by atoms with Gasteiger partial charge in [-0.1, -0.05) is 0 Å². The van der Waals surface area contributed by atoms with Crippen LogP contribution in [-0.2, 0) is 19.2 Å². The molecule has 0 heterocycles. The van der Waals surface area contributed by atoms with Crippen molar-refractivity contribution in [1.29, 1.82) is 0 Å². The number of carboxylic acid groups (broad SMARTS) is 1. The highest BCUT2D eigenvalue weighted by atomic mass is 32.1. The topological polar surface area (TPSA) is 223 Å². The minimum absolute atomic E-state index is 0.0852. The van der Waals surface area contributed by atoms with Gasteiger partial charge in [-0.05, 0) is 58.5 Å². The molecule has 0 bridgehead atoms. The fourth-order valence-electron chi connectivity index (χ4n) is 2.74. The van der Waals surface area contributed by atoms with Crippen molar-refractivity contribution in [3.63, 3.8) is 0 Å². The third-order valence-electron chi connectivity index (χ3n) is 4.78. The fraction of sp³-hybridized carbons (Fsp3) is 0.789. The lowest BCUT2D eigenvalue weighted by Crippen LogP contribution is -2.58. The van der Waals surface area contributed by atoms with E-state index in [1.807, 2.05) is 0 Å². The zero-order valence-electron chi connectivity index (χ0n) is 18.5. The molecule has 0 radical (unpaired) electrons. The van der Waals surface area contributed by atoms with Gasteiger partial charge in [0, 0.05) is 5.75 Å². The van der Waals surface area contributed by atoms with Crippen LogP contribution in [0.4, 0.5) is 0 Å². The predicted molar refractivity (Wildman–Crippen MR) is 123 cm³/mol. The Balaban J connectivity index is 5.24. The lowest BCUT2D eigenvalue weighted by molar-refractivity contribution is -0.142. The van der Waals surface area contributed by atoms with Crippen molar-refractivity contribution in [1.82, 2.24) is 16.0 Å². The zero-order chi connectivity index (χ0) is 24.7. The summed E-state index contributed by atoms with van der Waals surface area (Å²) in [7, 11) is 0. The summed E-state index contributed by atoms with van der Waals surface area (Å²) in [4.78, 5) is 49.0. The second-order valence-electron chi connectivity index (χ2n) is 7.54. The second kappa shape index (κ2) is 16.7. The monoisotopic (exact) mass is 478 g/mol. The van der Waals surface area contributed by atoms with Gasteiger partial charge in [0.25, 0.3) is 0 Å². The lowest BCUT2D eigenvalue weighted by Gasteiger charge is -2.25. The Morgan fingerprint density at radius 3 is 1.69 bits per heavy atom. The molecule has 32 heavy (non-hydrogen) atoms. The van der Waals surface area contributed by atoms with E-state index in [9.17, 15) is 29.4 Å². The van der Waals surface area contributed by atoms with Crippen molar-refractivity contribution in [3.8, 4) is 0 Å². The Bertz CT molecular complexity index is 609. The molecule has 0 aromatic heterocycles. The highest BCUT2D eigenvalue weighted by Crippen LogP contribution is 2.06. The number of thiol groups is 1. The molecule has 0 rings (SSSR count). The number of carbonyl (C=O) groups excluding carboxylic acids is 3. The molecule has 0 aromatic rings. The fourth-order valence-corrected chi connectivity index (χ4v) is 2.99. The van der Waals surface area contributed by atoms with Gasteiger partial charge in [0.15, 0.2) is 0 Å². The van der Waals surface area contributed by atoms with Crippen LogP contribution in [0.3, 0.4) is 0 Å².